The fraction of sp³-hybridized carbons (Fsp3) is 0.190. The fourth-order valence-corrected chi connectivity index (χ4v) is 4.52. The minimum absolute atomic E-state index is 0.683. The predicted octanol–water partition coefficient (Wildman–Crippen LogP) is 6.18. The van der Waals surface area contributed by atoms with Gasteiger partial charge in [-0.3, -0.25) is 0 Å². The largest absolute Gasteiger partial charge is 0.358 e. The molecule has 1 aliphatic carbocycles. The summed E-state index contributed by atoms with van der Waals surface area (Å²) in [6.45, 7) is 0. The first kappa shape index (κ1) is 16.0. The lowest BCUT2D eigenvalue weighted by molar-refractivity contribution is 0.885. The van der Waals surface area contributed by atoms with Crippen LogP contribution in [0.5, 0.6) is 0 Å². The highest BCUT2D eigenvalue weighted by Crippen LogP contribution is 2.41. The van der Waals surface area contributed by atoms with Crippen molar-refractivity contribution in [3.05, 3.63) is 77.2 Å². The summed E-state index contributed by atoms with van der Waals surface area (Å²) in [5, 5.41) is 6.47. The van der Waals surface area contributed by atoms with Crippen molar-refractivity contribution in [2.45, 2.75) is 29.4 Å². The molecule has 5 heteroatoms. The first-order valence-corrected chi connectivity index (χ1v) is 10.2. The van der Waals surface area contributed by atoms with Crippen LogP contribution >= 0.6 is 23.4 Å². The van der Waals surface area contributed by atoms with Gasteiger partial charge in [0.05, 0.1) is 16.7 Å². The van der Waals surface area contributed by atoms with Gasteiger partial charge >= 0.3 is 0 Å². The number of H-pyrrole nitrogens is 1. The number of benzene rings is 2. The molecule has 2 aromatic carbocycles. The van der Waals surface area contributed by atoms with E-state index in [0.717, 1.165) is 17.0 Å². The molecule has 0 atom stereocenters. The van der Waals surface area contributed by atoms with E-state index in [1.807, 2.05) is 34.8 Å². The highest BCUT2D eigenvalue weighted by molar-refractivity contribution is 7.98. The third kappa shape index (κ3) is 2.93. The fourth-order valence-electron chi connectivity index (χ4n) is 3.30. The van der Waals surface area contributed by atoms with Crippen LogP contribution in [0.15, 0.2) is 66.0 Å². The molecule has 2 aromatic heterocycles. The molecule has 3 nitrogen and oxygen atoms in total. The molecule has 5 rings (SSSR count). The van der Waals surface area contributed by atoms with Crippen LogP contribution in [0, 0.1) is 0 Å². The second kappa shape index (κ2) is 6.53. The average molecular weight is 380 g/mol. The van der Waals surface area contributed by atoms with Gasteiger partial charge in [0.2, 0.25) is 0 Å². The Morgan fingerprint density at radius 3 is 2.81 bits per heavy atom. The number of hydrogen-bond donors (Lipinski definition) is 1. The smallest absolute Gasteiger partial charge is 0.107 e. The molecular weight excluding hydrogens is 362 g/mol. The van der Waals surface area contributed by atoms with E-state index in [-0.39, 0.29) is 0 Å². The van der Waals surface area contributed by atoms with Gasteiger partial charge in [-0.25, -0.2) is 4.68 Å². The van der Waals surface area contributed by atoms with Gasteiger partial charge in [0.1, 0.15) is 5.69 Å². The van der Waals surface area contributed by atoms with Gasteiger partial charge in [0.15, 0.2) is 0 Å². The van der Waals surface area contributed by atoms with Crippen molar-refractivity contribution >= 4 is 34.3 Å². The Hall–Kier alpha value is -2.17. The lowest BCUT2D eigenvalue weighted by Crippen LogP contribution is -1.96. The zero-order chi connectivity index (χ0) is 17.5. The van der Waals surface area contributed by atoms with E-state index in [0.29, 0.717) is 10.9 Å². The molecule has 1 aliphatic rings. The molecule has 4 aromatic rings. The van der Waals surface area contributed by atoms with Crippen LogP contribution in [0.3, 0.4) is 0 Å². The maximum atomic E-state index is 6.54. The van der Waals surface area contributed by atoms with Crippen LogP contribution in [-0.2, 0) is 5.75 Å². The zero-order valence-electron chi connectivity index (χ0n) is 14.2. The molecule has 2 heterocycles. The number of aromatic amines is 1. The number of nitrogens with one attached hydrogen (secondary N) is 1. The van der Waals surface area contributed by atoms with E-state index < -0.39 is 0 Å². The van der Waals surface area contributed by atoms with Crippen LogP contribution in [0.2, 0.25) is 5.02 Å². The van der Waals surface area contributed by atoms with Crippen LogP contribution in [-0.4, -0.2) is 14.8 Å². The molecule has 0 aliphatic heterocycles. The van der Waals surface area contributed by atoms with Gasteiger partial charge in [-0.2, -0.15) is 5.10 Å². The van der Waals surface area contributed by atoms with Crippen molar-refractivity contribution in [2.24, 2.45) is 0 Å². The summed E-state index contributed by atoms with van der Waals surface area (Å²) >= 11 is 8.37. The number of nitrogens with zero attached hydrogens (tertiary/aromatic N) is 2. The molecule has 0 bridgehead atoms. The normalized spacial score (nSPS) is 14.2. The van der Waals surface area contributed by atoms with Crippen LogP contribution < -0.4 is 0 Å². The summed E-state index contributed by atoms with van der Waals surface area (Å²) in [4.78, 5) is 4.65. The van der Waals surface area contributed by atoms with Gasteiger partial charge < -0.3 is 4.98 Å². The number of thioether (sulfide) groups is 1. The average Bonchev–Trinajstić information content (AvgIpc) is 3.26. The van der Waals surface area contributed by atoms with E-state index in [1.165, 1.54) is 34.3 Å². The lowest BCUT2D eigenvalue weighted by atomic mass is 10.2. The molecule has 0 radical (unpaired) electrons. The summed E-state index contributed by atoms with van der Waals surface area (Å²) in [5.41, 5.74) is 4.60. The molecule has 26 heavy (non-hydrogen) atoms. The summed E-state index contributed by atoms with van der Waals surface area (Å²) in [5.74, 6) is 1.63. The second-order valence-corrected chi connectivity index (χ2v) is 8.16. The van der Waals surface area contributed by atoms with Crippen molar-refractivity contribution in [1.29, 1.82) is 0 Å². The first-order chi connectivity index (χ1) is 12.8. The molecule has 0 saturated heterocycles. The summed E-state index contributed by atoms with van der Waals surface area (Å²) in [6.07, 6.45) is 8.71. The van der Waals surface area contributed by atoms with Gasteiger partial charge in [0.25, 0.3) is 0 Å². The number of rotatable bonds is 5. The molecule has 1 saturated carbocycles. The first-order valence-electron chi connectivity index (χ1n) is 8.81. The van der Waals surface area contributed by atoms with Crippen LogP contribution in [0.4, 0.5) is 0 Å². The number of halogens is 1. The topological polar surface area (TPSA) is 33.6 Å². The highest BCUT2D eigenvalue weighted by Gasteiger charge is 2.25. The Labute approximate surface area is 161 Å². The molecule has 130 valence electrons. The molecule has 0 amide bonds. The minimum Gasteiger partial charge on any atom is -0.358 e. The Balaban J connectivity index is 1.50. The predicted molar refractivity (Wildman–Crippen MR) is 108 cm³/mol. The number of fused-ring (bicyclic) bond motifs is 1. The van der Waals surface area contributed by atoms with Crippen LogP contribution in [0.25, 0.3) is 16.6 Å². The third-order valence-electron chi connectivity index (χ3n) is 4.86. The SMILES string of the molecule is Clc1ccc2c(SCc3ccccc3)c[nH]c2c1-n1cc(C2CC2)cn1. The van der Waals surface area contributed by atoms with Crippen molar-refractivity contribution in [3.63, 3.8) is 0 Å². The quantitative estimate of drug-likeness (QED) is 0.420. The van der Waals surface area contributed by atoms with E-state index in [2.05, 4.69) is 52.8 Å². The van der Waals surface area contributed by atoms with Crippen molar-refractivity contribution in [2.75, 3.05) is 0 Å². The summed E-state index contributed by atoms with van der Waals surface area (Å²) in [6, 6.07) is 14.6. The Kier molecular flexibility index (Phi) is 4.03. The molecule has 1 fully saturated rings. The van der Waals surface area contributed by atoms with Crippen molar-refractivity contribution in [3.8, 4) is 5.69 Å². The standard InChI is InChI=1S/C21H18ClN3S/c22-18-9-8-17-19(26-13-14-4-2-1-3-5-14)11-23-20(17)21(18)25-12-16(10-24-25)15-6-7-15/h1-5,8-12,15,23H,6-7,13H2. The van der Waals surface area contributed by atoms with Gasteiger partial charge in [-0.05, 0) is 36.0 Å². The van der Waals surface area contributed by atoms with Gasteiger partial charge in [-0.1, -0.05) is 48.0 Å². The zero-order valence-corrected chi connectivity index (χ0v) is 15.7. The number of hydrogen-bond acceptors (Lipinski definition) is 2. The van der Waals surface area contributed by atoms with E-state index in [4.69, 9.17) is 11.6 Å². The summed E-state index contributed by atoms with van der Waals surface area (Å²) in [7, 11) is 0. The Morgan fingerprint density at radius 2 is 2.00 bits per heavy atom. The molecular formula is C21H18ClN3S. The Morgan fingerprint density at radius 1 is 1.15 bits per heavy atom. The molecule has 1 N–H and O–H groups in total. The monoisotopic (exact) mass is 379 g/mol. The van der Waals surface area contributed by atoms with Crippen LogP contribution in [0.1, 0.15) is 29.9 Å². The van der Waals surface area contributed by atoms with Gasteiger partial charge in [0, 0.05) is 28.4 Å². The Bertz CT molecular complexity index is 1060. The maximum Gasteiger partial charge on any atom is 0.107 e. The maximum absolute atomic E-state index is 6.54. The van der Waals surface area contributed by atoms with Crippen molar-refractivity contribution in [1.82, 2.24) is 14.8 Å². The molecule has 0 spiro atoms. The number of aromatic nitrogens is 3. The van der Waals surface area contributed by atoms with Crippen molar-refractivity contribution < 1.29 is 0 Å². The summed E-state index contributed by atoms with van der Waals surface area (Å²) < 4.78 is 1.92. The van der Waals surface area contributed by atoms with E-state index in [1.54, 1.807) is 0 Å². The second-order valence-electron chi connectivity index (χ2n) is 6.74. The minimum atomic E-state index is 0.683. The van der Waals surface area contributed by atoms with E-state index >= 15 is 0 Å². The third-order valence-corrected chi connectivity index (χ3v) is 6.29. The lowest BCUT2D eigenvalue weighted by Gasteiger charge is -2.07. The molecule has 0 unspecified atom stereocenters. The van der Waals surface area contributed by atoms with Gasteiger partial charge in [-0.15, -0.1) is 11.8 Å². The highest BCUT2D eigenvalue weighted by atomic mass is 35.5. The van der Waals surface area contributed by atoms with E-state index in [9.17, 15) is 0 Å².